The Morgan fingerprint density at radius 1 is 1.27 bits per heavy atom. The molecule has 0 radical (unpaired) electrons. The fraction of sp³-hybridized carbons (Fsp3) is 0.316. The van der Waals surface area contributed by atoms with Crippen LogP contribution in [0.1, 0.15) is 5.69 Å². The van der Waals surface area contributed by atoms with Crippen LogP contribution in [0.25, 0.3) is 11.3 Å². The molecule has 2 aliphatic heterocycles. The molecule has 10 nitrogen and oxygen atoms in total. The molecular formula is C19H18FN5O5. The largest absolute Gasteiger partial charge is 0.458 e. The van der Waals surface area contributed by atoms with Crippen LogP contribution in [-0.4, -0.2) is 77.0 Å². The fourth-order valence-electron chi connectivity index (χ4n) is 3.36. The lowest BCUT2D eigenvalue weighted by Crippen LogP contribution is -2.64. The third kappa shape index (κ3) is 3.38. The van der Waals surface area contributed by atoms with Crippen LogP contribution >= 0.6 is 0 Å². The van der Waals surface area contributed by atoms with Gasteiger partial charge in [0.05, 0.1) is 11.9 Å². The molecule has 0 spiro atoms. The van der Waals surface area contributed by atoms with Gasteiger partial charge in [-0.2, -0.15) is 0 Å². The zero-order valence-corrected chi connectivity index (χ0v) is 16.2. The van der Waals surface area contributed by atoms with Gasteiger partial charge in [0.25, 0.3) is 5.91 Å². The third-order valence-corrected chi connectivity index (χ3v) is 4.97. The van der Waals surface area contributed by atoms with E-state index in [1.807, 2.05) is 0 Å². The number of urea groups is 1. The average Bonchev–Trinajstić information content (AvgIpc) is 3.37. The van der Waals surface area contributed by atoms with E-state index in [9.17, 15) is 18.8 Å². The van der Waals surface area contributed by atoms with Gasteiger partial charge < -0.3 is 19.1 Å². The molecule has 3 amide bonds. The third-order valence-electron chi connectivity index (χ3n) is 4.97. The molecule has 1 aromatic heterocycles. The lowest BCUT2D eigenvalue weighted by molar-refractivity contribution is -0.147. The van der Waals surface area contributed by atoms with Crippen LogP contribution in [0.15, 0.2) is 39.8 Å². The van der Waals surface area contributed by atoms with Gasteiger partial charge in [0.1, 0.15) is 24.7 Å². The minimum atomic E-state index is -0.787. The molecule has 2 aromatic rings. The topological polar surface area (TPSA) is 109 Å². The van der Waals surface area contributed by atoms with E-state index in [4.69, 9.17) is 9.26 Å². The first kappa shape index (κ1) is 19.6. The molecule has 1 fully saturated rings. The van der Waals surface area contributed by atoms with Gasteiger partial charge in [-0.3, -0.25) is 14.5 Å². The summed E-state index contributed by atoms with van der Waals surface area (Å²) < 4.78 is 24.1. The number of esters is 1. The van der Waals surface area contributed by atoms with Crippen molar-refractivity contribution in [1.29, 1.82) is 0 Å². The second-order valence-corrected chi connectivity index (χ2v) is 6.91. The maximum absolute atomic E-state index is 13.8. The number of amides is 3. The van der Waals surface area contributed by atoms with E-state index in [1.54, 1.807) is 25.2 Å². The first-order chi connectivity index (χ1) is 14.4. The summed E-state index contributed by atoms with van der Waals surface area (Å²) in [6, 6.07) is 6.32. The number of likely N-dealkylation sites (N-methyl/N-ethyl adjacent to an activating group) is 2. The van der Waals surface area contributed by atoms with Gasteiger partial charge in [-0.15, -0.1) is 0 Å². The molecule has 11 heteroatoms. The number of rotatable bonds is 5. The summed E-state index contributed by atoms with van der Waals surface area (Å²) in [5, 5.41) is 3.78. The maximum atomic E-state index is 13.8. The summed E-state index contributed by atoms with van der Waals surface area (Å²) in [7, 11) is 2.92. The highest BCUT2D eigenvalue weighted by molar-refractivity contribution is 6.02. The highest BCUT2D eigenvalue weighted by Crippen LogP contribution is 2.25. The van der Waals surface area contributed by atoms with Crippen molar-refractivity contribution in [3.63, 3.8) is 0 Å². The summed E-state index contributed by atoms with van der Waals surface area (Å²) in [6.45, 7) is -0.410. The monoisotopic (exact) mass is 415 g/mol. The van der Waals surface area contributed by atoms with Gasteiger partial charge >= 0.3 is 12.0 Å². The molecule has 0 bridgehead atoms. The second-order valence-electron chi connectivity index (χ2n) is 6.91. The minimum Gasteiger partial charge on any atom is -0.458 e. The smallest absolute Gasteiger partial charge is 0.328 e. The molecule has 2 aliphatic rings. The Labute approximate surface area is 170 Å². The number of halogens is 1. The molecule has 1 aromatic carbocycles. The number of aromatic nitrogens is 1. The lowest BCUT2D eigenvalue weighted by Gasteiger charge is -2.39. The first-order valence-corrected chi connectivity index (χ1v) is 9.06. The van der Waals surface area contributed by atoms with Crippen molar-refractivity contribution in [1.82, 2.24) is 19.9 Å². The van der Waals surface area contributed by atoms with E-state index in [0.717, 1.165) is 4.90 Å². The van der Waals surface area contributed by atoms with E-state index < -0.39 is 35.9 Å². The number of carbonyl (C=O) groups is 3. The summed E-state index contributed by atoms with van der Waals surface area (Å²) in [4.78, 5) is 44.6. The highest BCUT2D eigenvalue weighted by Gasteiger charge is 2.48. The molecule has 2 unspecified atom stereocenters. The number of aliphatic imine (C=N–C) groups is 1. The standard InChI is InChI=1S/C19H18FN5O5/c1-23-17-16(18(27)24(2)19(23)28)25(10-21-17)8-15(26)29-9-11-7-14(30-22-11)12-5-3-4-6-13(12)20/h3-7,10,16-17H,8-9H2,1-2H3. The maximum Gasteiger partial charge on any atom is 0.328 e. The van der Waals surface area contributed by atoms with Crippen molar-refractivity contribution in [3.8, 4) is 11.3 Å². The molecule has 2 atom stereocenters. The first-order valence-electron chi connectivity index (χ1n) is 9.06. The Bertz CT molecular complexity index is 1040. The van der Waals surface area contributed by atoms with Crippen LogP contribution in [0.5, 0.6) is 0 Å². The molecular weight excluding hydrogens is 397 g/mol. The van der Waals surface area contributed by atoms with Crippen molar-refractivity contribution in [2.75, 3.05) is 20.6 Å². The van der Waals surface area contributed by atoms with Crippen LogP contribution in [-0.2, 0) is 20.9 Å². The van der Waals surface area contributed by atoms with Crippen molar-refractivity contribution in [2.24, 2.45) is 4.99 Å². The molecule has 1 saturated heterocycles. The predicted molar refractivity (Wildman–Crippen MR) is 100 cm³/mol. The molecule has 0 saturated carbocycles. The molecule has 0 N–H and O–H groups in total. The van der Waals surface area contributed by atoms with E-state index in [1.165, 1.54) is 35.3 Å². The molecule has 0 aliphatic carbocycles. The Morgan fingerprint density at radius 3 is 2.80 bits per heavy atom. The predicted octanol–water partition coefficient (Wildman–Crippen LogP) is 1.09. The number of hydrogen-bond acceptors (Lipinski definition) is 8. The van der Waals surface area contributed by atoms with E-state index in [0.29, 0.717) is 5.69 Å². The van der Waals surface area contributed by atoms with Crippen molar-refractivity contribution >= 4 is 24.2 Å². The van der Waals surface area contributed by atoms with Crippen LogP contribution in [0.2, 0.25) is 0 Å². The van der Waals surface area contributed by atoms with Crippen LogP contribution in [0, 0.1) is 5.82 Å². The Balaban J connectivity index is 1.36. The normalized spacial score (nSPS) is 20.7. The Morgan fingerprint density at radius 2 is 2.03 bits per heavy atom. The number of nitrogens with zero attached hydrogens (tertiary/aromatic N) is 5. The molecule has 30 heavy (non-hydrogen) atoms. The van der Waals surface area contributed by atoms with Crippen molar-refractivity contribution in [3.05, 3.63) is 41.8 Å². The minimum absolute atomic E-state index is 0.178. The number of carbonyl (C=O) groups excluding carboxylic acids is 3. The van der Waals surface area contributed by atoms with Gasteiger partial charge in [-0.1, -0.05) is 17.3 Å². The second kappa shape index (κ2) is 7.58. The molecule has 156 valence electrons. The Hall–Kier alpha value is -3.76. The van der Waals surface area contributed by atoms with Gasteiger partial charge in [-0.05, 0) is 12.1 Å². The lowest BCUT2D eigenvalue weighted by atomic mass is 10.1. The van der Waals surface area contributed by atoms with E-state index >= 15 is 0 Å². The van der Waals surface area contributed by atoms with Crippen LogP contribution in [0.3, 0.4) is 0 Å². The van der Waals surface area contributed by atoms with Crippen LogP contribution < -0.4 is 0 Å². The summed E-state index contributed by atoms with van der Waals surface area (Å²) >= 11 is 0. The fourth-order valence-corrected chi connectivity index (χ4v) is 3.36. The number of fused-ring (bicyclic) bond motifs is 1. The van der Waals surface area contributed by atoms with Gasteiger partial charge in [0, 0.05) is 20.2 Å². The summed E-state index contributed by atoms with van der Waals surface area (Å²) in [6.07, 6.45) is 0.678. The highest BCUT2D eigenvalue weighted by atomic mass is 19.1. The van der Waals surface area contributed by atoms with Gasteiger partial charge in [0.2, 0.25) is 0 Å². The van der Waals surface area contributed by atoms with E-state index in [-0.39, 0.29) is 24.5 Å². The van der Waals surface area contributed by atoms with E-state index in [2.05, 4.69) is 10.1 Å². The zero-order valence-electron chi connectivity index (χ0n) is 16.2. The quantitative estimate of drug-likeness (QED) is 0.673. The number of hydrogen-bond donors (Lipinski definition) is 0. The summed E-state index contributed by atoms with van der Waals surface area (Å²) in [5.41, 5.74) is 0.564. The zero-order chi connectivity index (χ0) is 21.4. The summed E-state index contributed by atoms with van der Waals surface area (Å²) in [5.74, 6) is -1.30. The number of benzene rings is 1. The van der Waals surface area contributed by atoms with Gasteiger partial charge in [-0.25, -0.2) is 14.2 Å². The molecule has 3 heterocycles. The molecule has 4 rings (SSSR count). The van der Waals surface area contributed by atoms with Gasteiger partial charge in [0.15, 0.2) is 18.0 Å². The Kier molecular flexibility index (Phi) is 4.94. The average molecular weight is 415 g/mol. The SMILES string of the molecule is CN1C(=O)C2C(N=CN2CC(=O)OCc2cc(-c3ccccc3F)on2)N(C)C1=O. The van der Waals surface area contributed by atoms with Crippen molar-refractivity contribution in [2.45, 2.75) is 18.8 Å². The van der Waals surface area contributed by atoms with Crippen molar-refractivity contribution < 1.29 is 28.0 Å². The number of imide groups is 1. The van der Waals surface area contributed by atoms with Crippen LogP contribution in [0.4, 0.5) is 9.18 Å². The number of ether oxygens (including phenoxy) is 1.